The van der Waals surface area contributed by atoms with Gasteiger partial charge in [-0.25, -0.2) is 9.67 Å². The number of imidazole rings is 1. The first kappa shape index (κ1) is 21.3. The van der Waals surface area contributed by atoms with Crippen LogP contribution in [0.5, 0.6) is 0 Å². The van der Waals surface area contributed by atoms with E-state index in [1.54, 1.807) is 30.5 Å². The lowest BCUT2D eigenvalue weighted by Crippen LogP contribution is -2.36. The van der Waals surface area contributed by atoms with Crippen LogP contribution in [0.4, 0.5) is 24.7 Å². The maximum atomic E-state index is 13.8. The van der Waals surface area contributed by atoms with Crippen LogP contribution in [0.1, 0.15) is 39.6 Å². The van der Waals surface area contributed by atoms with Crippen molar-refractivity contribution in [3.63, 3.8) is 0 Å². The highest BCUT2D eigenvalue weighted by atomic mass is 32.1. The van der Waals surface area contributed by atoms with Crippen LogP contribution in [0.25, 0.3) is 5.69 Å². The molecule has 0 saturated carbocycles. The molecule has 33 heavy (non-hydrogen) atoms. The lowest BCUT2D eigenvalue weighted by molar-refractivity contribution is -0.173. The summed E-state index contributed by atoms with van der Waals surface area (Å²) in [4.78, 5) is 17.9. The third-order valence-electron chi connectivity index (χ3n) is 5.60. The highest BCUT2D eigenvalue weighted by molar-refractivity contribution is 7.10. The summed E-state index contributed by atoms with van der Waals surface area (Å²) in [5.41, 5.74) is 1.44. The van der Waals surface area contributed by atoms with Crippen LogP contribution in [-0.2, 0) is 0 Å². The van der Waals surface area contributed by atoms with Crippen molar-refractivity contribution in [3.8, 4) is 5.69 Å². The Morgan fingerprint density at radius 3 is 2.67 bits per heavy atom. The van der Waals surface area contributed by atoms with Gasteiger partial charge in [0.2, 0.25) is 0 Å². The van der Waals surface area contributed by atoms with Crippen molar-refractivity contribution in [3.05, 3.63) is 76.6 Å². The molecule has 1 amide bonds. The topological polar surface area (TPSA) is 76.8 Å². The van der Waals surface area contributed by atoms with Crippen LogP contribution < -0.4 is 10.6 Å². The summed E-state index contributed by atoms with van der Waals surface area (Å²) in [6.07, 6.45) is 0.00639. The van der Waals surface area contributed by atoms with Gasteiger partial charge in [0.05, 0.1) is 12.2 Å². The van der Waals surface area contributed by atoms with E-state index in [0.717, 1.165) is 21.1 Å². The molecule has 3 aromatic heterocycles. The van der Waals surface area contributed by atoms with Crippen molar-refractivity contribution in [2.75, 3.05) is 10.6 Å². The van der Waals surface area contributed by atoms with Crippen LogP contribution >= 0.6 is 11.3 Å². The van der Waals surface area contributed by atoms with E-state index in [4.69, 9.17) is 0 Å². The van der Waals surface area contributed by atoms with Crippen molar-refractivity contribution >= 4 is 28.7 Å². The molecule has 0 saturated heterocycles. The number of amides is 1. The number of halogens is 3. The molecule has 0 bridgehead atoms. The van der Waals surface area contributed by atoms with Gasteiger partial charge in [0.15, 0.2) is 6.04 Å². The molecule has 7 nitrogen and oxygen atoms in total. The Bertz CT molecular complexity index is 1280. The zero-order valence-electron chi connectivity index (χ0n) is 17.4. The van der Waals surface area contributed by atoms with Crippen molar-refractivity contribution in [1.29, 1.82) is 0 Å². The highest BCUT2D eigenvalue weighted by Crippen LogP contribution is 2.45. The maximum Gasteiger partial charge on any atom is 0.410 e. The fraction of sp³-hybridized carbons (Fsp3) is 0.227. The number of hydrogen-bond acceptors (Lipinski definition) is 5. The monoisotopic (exact) mass is 472 g/mol. The number of alkyl halides is 3. The standard InChI is InChI=1S/C22H19F3N6OS/c1-13-26-8-9-30(13)15-6-4-14(5-7-15)28-21(32)16-12-27-31-19(22(23,24)25)11-17(29-20(16)31)18-3-2-10-33-18/h2-10,12,17,19,29H,11H2,1H3,(H,28,32)/t17-,19+/m1/s1. The summed E-state index contributed by atoms with van der Waals surface area (Å²) in [7, 11) is 0. The number of carbonyl (C=O) groups is 1. The molecular formula is C22H19F3N6OS. The van der Waals surface area contributed by atoms with Gasteiger partial charge in [0.1, 0.15) is 17.2 Å². The SMILES string of the molecule is Cc1nccn1-c1ccc(NC(=O)c2cnn3c2N[C@@H](c2cccs2)C[C@H]3C(F)(F)F)cc1. The first-order valence-electron chi connectivity index (χ1n) is 10.2. The minimum absolute atomic E-state index is 0.0556. The lowest BCUT2D eigenvalue weighted by Gasteiger charge is -2.33. The number of fused-ring (bicyclic) bond motifs is 1. The second-order valence-corrected chi connectivity index (χ2v) is 8.68. The van der Waals surface area contributed by atoms with Gasteiger partial charge in [-0.2, -0.15) is 18.3 Å². The first-order valence-corrected chi connectivity index (χ1v) is 11.0. The molecule has 170 valence electrons. The summed E-state index contributed by atoms with van der Waals surface area (Å²) < 4.78 is 44.1. The van der Waals surface area contributed by atoms with Gasteiger partial charge in [-0.3, -0.25) is 4.79 Å². The molecule has 0 unspecified atom stereocenters. The van der Waals surface area contributed by atoms with Gasteiger partial charge in [-0.1, -0.05) is 6.07 Å². The Hall–Kier alpha value is -3.60. The number of aryl methyl sites for hydroxylation is 1. The maximum absolute atomic E-state index is 13.8. The molecule has 4 aromatic rings. The second kappa shape index (κ2) is 8.07. The van der Waals surface area contributed by atoms with E-state index in [1.807, 2.05) is 35.2 Å². The molecular weight excluding hydrogens is 453 g/mol. The average molecular weight is 472 g/mol. The van der Waals surface area contributed by atoms with Gasteiger partial charge in [-0.05, 0) is 42.6 Å². The highest BCUT2D eigenvalue weighted by Gasteiger charge is 2.47. The number of benzene rings is 1. The fourth-order valence-electron chi connectivity index (χ4n) is 3.96. The zero-order chi connectivity index (χ0) is 23.2. The molecule has 0 fully saturated rings. The predicted molar refractivity (Wildman–Crippen MR) is 119 cm³/mol. The van der Waals surface area contributed by atoms with Crippen molar-refractivity contribution in [2.24, 2.45) is 0 Å². The molecule has 4 heterocycles. The van der Waals surface area contributed by atoms with Gasteiger partial charge < -0.3 is 15.2 Å². The number of nitrogens with one attached hydrogen (secondary N) is 2. The number of rotatable bonds is 4. The smallest absolute Gasteiger partial charge is 0.362 e. The molecule has 0 aliphatic carbocycles. The van der Waals surface area contributed by atoms with E-state index < -0.39 is 24.2 Å². The molecule has 11 heteroatoms. The normalized spacial score (nSPS) is 17.9. The summed E-state index contributed by atoms with van der Waals surface area (Å²) in [6.45, 7) is 1.88. The number of aromatic nitrogens is 4. The molecule has 0 spiro atoms. The van der Waals surface area contributed by atoms with E-state index in [1.165, 1.54) is 17.5 Å². The van der Waals surface area contributed by atoms with Gasteiger partial charge >= 0.3 is 6.18 Å². The quantitative estimate of drug-likeness (QED) is 0.420. The second-order valence-electron chi connectivity index (χ2n) is 7.70. The van der Waals surface area contributed by atoms with E-state index >= 15 is 0 Å². The molecule has 1 aliphatic heterocycles. The number of carbonyl (C=O) groups excluding carboxylic acids is 1. The fourth-order valence-corrected chi connectivity index (χ4v) is 4.75. The largest absolute Gasteiger partial charge is 0.410 e. The Morgan fingerprint density at radius 1 is 1.24 bits per heavy atom. The molecule has 1 aliphatic rings. The molecule has 0 radical (unpaired) electrons. The Balaban J connectivity index is 1.41. The average Bonchev–Trinajstić information content (AvgIpc) is 3.53. The van der Waals surface area contributed by atoms with E-state index in [-0.39, 0.29) is 17.8 Å². The Kier molecular flexibility index (Phi) is 5.20. The third kappa shape index (κ3) is 3.99. The van der Waals surface area contributed by atoms with Crippen LogP contribution in [-0.4, -0.2) is 31.4 Å². The van der Waals surface area contributed by atoms with Crippen LogP contribution in [0.3, 0.4) is 0 Å². The number of nitrogens with zero attached hydrogens (tertiary/aromatic N) is 4. The van der Waals surface area contributed by atoms with E-state index in [9.17, 15) is 18.0 Å². The van der Waals surface area contributed by atoms with Gasteiger partial charge in [-0.15, -0.1) is 11.3 Å². The number of hydrogen-bond donors (Lipinski definition) is 2. The first-order chi connectivity index (χ1) is 15.8. The molecule has 2 N–H and O–H groups in total. The number of thiophene rings is 1. The summed E-state index contributed by atoms with van der Waals surface area (Å²) in [5.74, 6) is 0.345. The summed E-state index contributed by atoms with van der Waals surface area (Å²) in [6, 6.07) is 8.28. The Morgan fingerprint density at radius 2 is 2.03 bits per heavy atom. The van der Waals surface area contributed by atoms with Gasteiger partial charge in [0.25, 0.3) is 5.91 Å². The van der Waals surface area contributed by atoms with Crippen LogP contribution in [0, 0.1) is 6.92 Å². The van der Waals surface area contributed by atoms with Crippen molar-refractivity contribution in [1.82, 2.24) is 19.3 Å². The summed E-state index contributed by atoms with van der Waals surface area (Å²) >= 11 is 1.37. The number of anilines is 2. The van der Waals surface area contributed by atoms with Gasteiger partial charge in [0, 0.05) is 35.1 Å². The predicted octanol–water partition coefficient (Wildman–Crippen LogP) is 5.35. The molecule has 1 aromatic carbocycles. The van der Waals surface area contributed by atoms with Crippen LogP contribution in [0.2, 0.25) is 0 Å². The van der Waals surface area contributed by atoms with Crippen molar-refractivity contribution in [2.45, 2.75) is 31.6 Å². The summed E-state index contributed by atoms with van der Waals surface area (Å²) in [5, 5.41) is 11.6. The minimum Gasteiger partial charge on any atom is -0.362 e. The van der Waals surface area contributed by atoms with Crippen molar-refractivity contribution < 1.29 is 18.0 Å². The zero-order valence-corrected chi connectivity index (χ0v) is 18.2. The lowest BCUT2D eigenvalue weighted by atomic mass is 10.0. The molecule has 5 rings (SSSR count). The third-order valence-corrected chi connectivity index (χ3v) is 6.58. The minimum atomic E-state index is -4.49. The van der Waals surface area contributed by atoms with Crippen LogP contribution in [0.15, 0.2) is 60.4 Å². The van der Waals surface area contributed by atoms with E-state index in [0.29, 0.717) is 5.69 Å². The Labute approximate surface area is 190 Å². The molecule has 2 atom stereocenters. The van der Waals surface area contributed by atoms with E-state index in [2.05, 4.69) is 20.7 Å².